The van der Waals surface area contributed by atoms with Crippen LogP contribution in [0.3, 0.4) is 0 Å². The van der Waals surface area contributed by atoms with Gasteiger partial charge in [0, 0.05) is 0 Å². The molecule has 0 aliphatic carbocycles. The number of hydrogen-bond acceptors (Lipinski definition) is 5. The second kappa shape index (κ2) is 9.69. The van der Waals surface area contributed by atoms with Crippen LogP contribution in [0.1, 0.15) is 25.8 Å². The molecule has 0 aromatic heterocycles. The van der Waals surface area contributed by atoms with Gasteiger partial charge in [-0.3, -0.25) is 4.79 Å². The highest BCUT2D eigenvalue weighted by Gasteiger charge is 2.20. The van der Waals surface area contributed by atoms with Gasteiger partial charge >= 0.3 is 5.97 Å². The first-order chi connectivity index (χ1) is 12.1. The fraction of sp³-hybridized carbons (Fsp3) is 0.350. The fourth-order valence-corrected chi connectivity index (χ4v) is 2.21. The number of aliphatic hydroxyl groups is 1. The van der Waals surface area contributed by atoms with Crippen molar-refractivity contribution < 1.29 is 24.1 Å². The summed E-state index contributed by atoms with van der Waals surface area (Å²) in [6.45, 7) is 4.23. The van der Waals surface area contributed by atoms with Crippen LogP contribution in [0.25, 0.3) is 0 Å². The molecule has 134 valence electrons. The Labute approximate surface area is 148 Å². The number of ether oxygens (including phenoxy) is 3. The molecule has 0 amide bonds. The Morgan fingerprint density at radius 2 is 1.68 bits per heavy atom. The van der Waals surface area contributed by atoms with Crippen molar-refractivity contribution >= 4 is 5.97 Å². The molecule has 2 rings (SSSR count). The minimum atomic E-state index is -0.923. The van der Waals surface area contributed by atoms with Crippen LogP contribution < -0.4 is 9.47 Å². The van der Waals surface area contributed by atoms with Crippen molar-refractivity contribution in [2.24, 2.45) is 0 Å². The van der Waals surface area contributed by atoms with Gasteiger partial charge in [-0.25, -0.2) is 0 Å². The molecule has 1 N–H and O–H groups in total. The second-order valence-electron chi connectivity index (χ2n) is 5.65. The first-order valence-corrected chi connectivity index (χ1v) is 8.35. The number of esters is 1. The molecule has 0 radical (unpaired) electrons. The Balaban J connectivity index is 1.82. The first kappa shape index (κ1) is 18.8. The van der Waals surface area contributed by atoms with E-state index in [1.807, 2.05) is 42.5 Å². The number of rotatable bonds is 9. The topological polar surface area (TPSA) is 65.0 Å². The number of benzene rings is 2. The number of aliphatic hydroxyl groups excluding tert-OH is 1. The Morgan fingerprint density at radius 1 is 1.04 bits per heavy atom. The van der Waals surface area contributed by atoms with E-state index in [-0.39, 0.29) is 6.42 Å². The van der Waals surface area contributed by atoms with E-state index < -0.39 is 18.2 Å². The van der Waals surface area contributed by atoms with Gasteiger partial charge in [-0.15, -0.1) is 0 Å². The highest BCUT2D eigenvalue weighted by atomic mass is 16.5. The van der Waals surface area contributed by atoms with Crippen molar-refractivity contribution in [3.05, 3.63) is 60.2 Å². The molecule has 2 unspecified atom stereocenters. The molecule has 0 heterocycles. The molecule has 5 nitrogen and oxygen atoms in total. The van der Waals surface area contributed by atoms with Gasteiger partial charge in [0.25, 0.3) is 0 Å². The van der Waals surface area contributed by atoms with Gasteiger partial charge in [-0.2, -0.15) is 0 Å². The standard InChI is InChI=1S/C20H24O5/c1-3-23-20(22)13-19(21)15(2)25-18-11-9-17(10-12-18)24-14-16-7-5-4-6-8-16/h4-12,15,19,21H,3,13-14H2,1-2H3. The predicted octanol–water partition coefficient (Wildman–Crippen LogP) is 3.35. The van der Waals surface area contributed by atoms with Crippen molar-refractivity contribution in [3.8, 4) is 11.5 Å². The van der Waals surface area contributed by atoms with Crippen LogP contribution in [-0.2, 0) is 16.1 Å². The van der Waals surface area contributed by atoms with Gasteiger partial charge in [-0.05, 0) is 43.7 Å². The normalized spacial score (nSPS) is 12.9. The maximum absolute atomic E-state index is 11.4. The predicted molar refractivity (Wildman–Crippen MR) is 94.6 cm³/mol. The SMILES string of the molecule is CCOC(=O)CC(O)C(C)Oc1ccc(OCc2ccccc2)cc1. The van der Waals surface area contributed by atoms with Crippen molar-refractivity contribution in [2.45, 2.75) is 39.1 Å². The average Bonchev–Trinajstić information content (AvgIpc) is 2.62. The van der Waals surface area contributed by atoms with Gasteiger partial charge in [0.05, 0.1) is 13.0 Å². The minimum absolute atomic E-state index is 0.0900. The van der Waals surface area contributed by atoms with Crippen molar-refractivity contribution in [1.29, 1.82) is 0 Å². The van der Waals surface area contributed by atoms with Crippen LogP contribution in [0.2, 0.25) is 0 Å². The summed E-state index contributed by atoms with van der Waals surface area (Å²) in [5, 5.41) is 9.99. The van der Waals surface area contributed by atoms with E-state index in [2.05, 4.69) is 0 Å². The van der Waals surface area contributed by atoms with Crippen LogP contribution in [0, 0.1) is 0 Å². The van der Waals surface area contributed by atoms with E-state index >= 15 is 0 Å². The van der Waals surface area contributed by atoms with Crippen LogP contribution in [0.4, 0.5) is 0 Å². The largest absolute Gasteiger partial charge is 0.489 e. The van der Waals surface area contributed by atoms with E-state index in [1.54, 1.807) is 26.0 Å². The lowest BCUT2D eigenvalue weighted by Crippen LogP contribution is -2.31. The quantitative estimate of drug-likeness (QED) is 0.707. The molecule has 0 saturated carbocycles. The summed E-state index contributed by atoms with van der Waals surface area (Å²) < 4.78 is 16.2. The smallest absolute Gasteiger partial charge is 0.308 e. The lowest BCUT2D eigenvalue weighted by molar-refractivity contribution is -0.146. The van der Waals surface area contributed by atoms with Crippen LogP contribution in [0.5, 0.6) is 11.5 Å². The van der Waals surface area contributed by atoms with Crippen molar-refractivity contribution in [2.75, 3.05) is 6.61 Å². The van der Waals surface area contributed by atoms with Crippen LogP contribution in [-0.4, -0.2) is 29.9 Å². The zero-order chi connectivity index (χ0) is 18.1. The number of hydrogen-bond donors (Lipinski definition) is 1. The van der Waals surface area contributed by atoms with Gasteiger partial charge in [0.1, 0.15) is 30.3 Å². The Bertz CT molecular complexity index is 639. The Kier molecular flexibility index (Phi) is 7.29. The minimum Gasteiger partial charge on any atom is -0.489 e. The summed E-state index contributed by atoms with van der Waals surface area (Å²) in [5.41, 5.74) is 1.10. The highest BCUT2D eigenvalue weighted by molar-refractivity contribution is 5.69. The summed E-state index contributed by atoms with van der Waals surface area (Å²) in [6, 6.07) is 17.1. The van der Waals surface area contributed by atoms with Gasteiger partial charge < -0.3 is 19.3 Å². The maximum Gasteiger partial charge on any atom is 0.308 e. The van der Waals surface area contributed by atoms with Crippen LogP contribution >= 0.6 is 0 Å². The molecule has 25 heavy (non-hydrogen) atoms. The molecule has 2 aromatic carbocycles. The molecule has 0 fully saturated rings. The summed E-state index contributed by atoms with van der Waals surface area (Å²) in [4.78, 5) is 11.4. The first-order valence-electron chi connectivity index (χ1n) is 8.35. The van der Waals surface area contributed by atoms with E-state index in [1.165, 1.54) is 0 Å². The zero-order valence-corrected chi connectivity index (χ0v) is 14.6. The van der Waals surface area contributed by atoms with E-state index in [0.717, 1.165) is 11.3 Å². The summed E-state index contributed by atoms with van der Waals surface area (Å²) >= 11 is 0. The van der Waals surface area contributed by atoms with Gasteiger partial charge in [0.15, 0.2) is 0 Å². The Morgan fingerprint density at radius 3 is 2.32 bits per heavy atom. The molecular formula is C20H24O5. The monoisotopic (exact) mass is 344 g/mol. The van der Waals surface area contributed by atoms with E-state index in [4.69, 9.17) is 14.2 Å². The molecule has 5 heteroatoms. The highest BCUT2D eigenvalue weighted by Crippen LogP contribution is 2.20. The molecule has 2 atom stereocenters. The third-order valence-electron chi connectivity index (χ3n) is 3.62. The number of carbonyl (C=O) groups is 1. The molecule has 0 bridgehead atoms. The van der Waals surface area contributed by atoms with Gasteiger partial charge in [-0.1, -0.05) is 30.3 Å². The third-order valence-corrected chi connectivity index (χ3v) is 3.62. The summed E-state index contributed by atoms with van der Waals surface area (Å²) in [7, 11) is 0. The fourth-order valence-electron chi connectivity index (χ4n) is 2.21. The molecular weight excluding hydrogens is 320 g/mol. The van der Waals surface area contributed by atoms with Crippen molar-refractivity contribution in [1.82, 2.24) is 0 Å². The van der Waals surface area contributed by atoms with Crippen LogP contribution in [0.15, 0.2) is 54.6 Å². The third kappa shape index (κ3) is 6.47. The molecule has 0 aliphatic heterocycles. The van der Waals surface area contributed by atoms with Crippen molar-refractivity contribution in [3.63, 3.8) is 0 Å². The molecule has 0 saturated heterocycles. The maximum atomic E-state index is 11.4. The van der Waals surface area contributed by atoms with Gasteiger partial charge in [0.2, 0.25) is 0 Å². The Hall–Kier alpha value is -2.53. The average molecular weight is 344 g/mol. The molecule has 2 aromatic rings. The second-order valence-corrected chi connectivity index (χ2v) is 5.65. The van der Waals surface area contributed by atoms with E-state index in [9.17, 15) is 9.90 Å². The lowest BCUT2D eigenvalue weighted by atomic mass is 10.1. The summed E-state index contributed by atoms with van der Waals surface area (Å²) in [5.74, 6) is 0.897. The number of carbonyl (C=O) groups excluding carboxylic acids is 1. The zero-order valence-electron chi connectivity index (χ0n) is 14.6. The molecule has 0 spiro atoms. The summed E-state index contributed by atoms with van der Waals surface area (Å²) in [6.07, 6.45) is -1.54. The van der Waals surface area contributed by atoms with E-state index in [0.29, 0.717) is 19.0 Å². The molecule has 0 aliphatic rings. The lowest BCUT2D eigenvalue weighted by Gasteiger charge is -2.20.